The summed E-state index contributed by atoms with van der Waals surface area (Å²) in [4.78, 5) is 4.59. The molecule has 2 aromatic carbocycles. The highest BCUT2D eigenvalue weighted by Gasteiger charge is 2.07. The molecule has 1 aromatic heterocycles. The topological polar surface area (TPSA) is 12.9 Å². The van der Waals surface area contributed by atoms with Gasteiger partial charge in [-0.1, -0.05) is 55.5 Å². The molecule has 0 unspecified atom stereocenters. The minimum absolute atomic E-state index is 1.01. The molecule has 3 rings (SSSR count). The predicted octanol–water partition coefficient (Wildman–Crippen LogP) is 5.29. The number of benzene rings is 2. The molecule has 0 aliphatic rings. The number of aryl methyl sites for hydroxylation is 2. The molecule has 0 saturated heterocycles. The minimum Gasteiger partial charge on any atom is -0.256 e. The van der Waals surface area contributed by atoms with Gasteiger partial charge < -0.3 is 0 Å². The zero-order valence-electron chi connectivity index (χ0n) is 12.5. The first-order chi connectivity index (χ1) is 10.3. The summed E-state index contributed by atoms with van der Waals surface area (Å²) in [5, 5.41) is 0. The number of hydrogen-bond acceptors (Lipinski definition) is 1. The van der Waals surface area contributed by atoms with Crippen LogP contribution in [0.4, 0.5) is 0 Å². The van der Waals surface area contributed by atoms with Crippen LogP contribution < -0.4 is 0 Å². The molecule has 0 N–H and O–H groups in total. The number of hydrogen-bond donors (Lipinski definition) is 0. The first kappa shape index (κ1) is 13.6. The molecule has 0 aliphatic heterocycles. The largest absolute Gasteiger partial charge is 0.256 e. The summed E-state index contributed by atoms with van der Waals surface area (Å²) in [6, 6.07) is 21.4. The third-order valence-electron chi connectivity index (χ3n) is 3.79. The van der Waals surface area contributed by atoms with Crippen molar-refractivity contribution >= 4 is 0 Å². The van der Waals surface area contributed by atoms with Crippen LogP contribution in [-0.4, -0.2) is 4.98 Å². The molecule has 21 heavy (non-hydrogen) atoms. The Morgan fingerprint density at radius 3 is 2.33 bits per heavy atom. The van der Waals surface area contributed by atoms with Gasteiger partial charge in [-0.25, -0.2) is 0 Å². The van der Waals surface area contributed by atoms with Gasteiger partial charge in [-0.15, -0.1) is 0 Å². The fraction of sp³-hybridized carbons (Fsp3) is 0.150. The third kappa shape index (κ3) is 2.87. The van der Waals surface area contributed by atoms with Crippen LogP contribution in [0.3, 0.4) is 0 Å². The summed E-state index contributed by atoms with van der Waals surface area (Å²) in [6.07, 6.45) is 2.95. The second-order valence-electron chi connectivity index (χ2n) is 5.31. The Labute approximate surface area is 126 Å². The molecular weight excluding hydrogens is 254 g/mol. The molecule has 1 heterocycles. The summed E-state index contributed by atoms with van der Waals surface area (Å²) in [7, 11) is 0. The summed E-state index contributed by atoms with van der Waals surface area (Å²) < 4.78 is 0. The van der Waals surface area contributed by atoms with E-state index in [0.29, 0.717) is 0 Å². The van der Waals surface area contributed by atoms with Crippen molar-refractivity contribution in [3.63, 3.8) is 0 Å². The van der Waals surface area contributed by atoms with Gasteiger partial charge in [-0.05, 0) is 47.7 Å². The van der Waals surface area contributed by atoms with E-state index >= 15 is 0 Å². The zero-order chi connectivity index (χ0) is 14.7. The van der Waals surface area contributed by atoms with E-state index in [2.05, 4.69) is 73.4 Å². The van der Waals surface area contributed by atoms with Crippen molar-refractivity contribution in [2.24, 2.45) is 0 Å². The quantitative estimate of drug-likeness (QED) is 0.632. The highest BCUT2D eigenvalue weighted by molar-refractivity contribution is 5.73. The average Bonchev–Trinajstić information content (AvgIpc) is 2.56. The van der Waals surface area contributed by atoms with Crippen LogP contribution in [0.15, 0.2) is 66.9 Å². The van der Waals surface area contributed by atoms with Crippen molar-refractivity contribution in [3.8, 4) is 22.4 Å². The lowest BCUT2D eigenvalue weighted by atomic mass is 9.96. The molecule has 0 fully saturated rings. The Balaban J connectivity index is 2.12. The molecule has 0 atom stereocenters. The van der Waals surface area contributed by atoms with Crippen molar-refractivity contribution in [1.82, 2.24) is 4.98 Å². The highest BCUT2D eigenvalue weighted by Crippen LogP contribution is 2.29. The predicted molar refractivity (Wildman–Crippen MR) is 89.2 cm³/mol. The monoisotopic (exact) mass is 273 g/mol. The van der Waals surface area contributed by atoms with Crippen LogP contribution in [0.1, 0.15) is 18.1 Å². The molecular formula is C20H19N. The fourth-order valence-electron chi connectivity index (χ4n) is 2.56. The Morgan fingerprint density at radius 1 is 0.857 bits per heavy atom. The van der Waals surface area contributed by atoms with Gasteiger partial charge in [-0.2, -0.15) is 0 Å². The first-order valence-electron chi connectivity index (χ1n) is 7.39. The normalized spacial score (nSPS) is 10.6. The van der Waals surface area contributed by atoms with E-state index in [1.54, 1.807) is 0 Å². The SMILES string of the molecule is CCc1ccc(-c2ccccc2)cc1-c1ccc(C)cn1. The van der Waals surface area contributed by atoms with Gasteiger partial charge in [-0.3, -0.25) is 4.98 Å². The van der Waals surface area contributed by atoms with Gasteiger partial charge in [0.2, 0.25) is 0 Å². The maximum Gasteiger partial charge on any atom is 0.0705 e. The smallest absolute Gasteiger partial charge is 0.0705 e. The van der Waals surface area contributed by atoms with Gasteiger partial charge in [0, 0.05) is 11.8 Å². The van der Waals surface area contributed by atoms with Crippen LogP contribution in [0.25, 0.3) is 22.4 Å². The standard InChI is InChI=1S/C20H19N/c1-3-16-10-11-18(17-7-5-4-6-8-17)13-19(16)20-12-9-15(2)14-21-20/h4-14H,3H2,1-2H3. The Hall–Kier alpha value is -2.41. The molecule has 1 heteroatoms. The number of rotatable bonds is 3. The van der Waals surface area contributed by atoms with E-state index in [1.165, 1.54) is 27.8 Å². The van der Waals surface area contributed by atoms with Gasteiger partial charge in [0.25, 0.3) is 0 Å². The number of nitrogens with zero attached hydrogens (tertiary/aromatic N) is 1. The lowest BCUT2D eigenvalue weighted by Crippen LogP contribution is -1.92. The maximum atomic E-state index is 4.59. The Morgan fingerprint density at radius 2 is 1.67 bits per heavy atom. The van der Waals surface area contributed by atoms with E-state index in [-0.39, 0.29) is 0 Å². The second-order valence-corrected chi connectivity index (χ2v) is 5.31. The van der Waals surface area contributed by atoms with E-state index in [9.17, 15) is 0 Å². The molecule has 0 saturated carbocycles. The summed E-state index contributed by atoms with van der Waals surface area (Å²) in [5.74, 6) is 0. The number of pyridine rings is 1. The first-order valence-corrected chi connectivity index (χ1v) is 7.39. The Kier molecular flexibility index (Phi) is 3.83. The summed E-state index contributed by atoms with van der Waals surface area (Å²) in [5.41, 5.74) is 7.30. The van der Waals surface area contributed by atoms with Gasteiger partial charge in [0.05, 0.1) is 5.69 Å². The maximum absolute atomic E-state index is 4.59. The third-order valence-corrected chi connectivity index (χ3v) is 3.79. The van der Waals surface area contributed by atoms with Crippen LogP contribution in [-0.2, 0) is 6.42 Å². The van der Waals surface area contributed by atoms with E-state index in [4.69, 9.17) is 0 Å². The van der Waals surface area contributed by atoms with Gasteiger partial charge in [0.15, 0.2) is 0 Å². The van der Waals surface area contributed by atoms with E-state index < -0.39 is 0 Å². The van der Waals surface area contributed by atoms with Crippen molar-refractivity contribution in [2.75, 3.05) is 0 Å². The molecule has 0 aliphatic carbocycles. The van der Waals surface area contributed by atoms with E-state index in [1.807, 2.05) is 12.3 Å². The lowest BCUT2D eigenvalue weighted by molar-refractivity contribution is 1.13. The average molecular weight is 273 g/mol. The van der Waals surface area contributed by atoms with Crippen molar-refractivity contribution in [3.05, 3.63) is 78.0 Å². The fourth-order valence-corrected chi connectivity index (χ4v) is 2.56. The molecule has 0 radical (unpaired) electrons. The van der Waals surface area contributed by atoms with Gasteiger partial charge in [0.1, 0.15) is 0 Å². The number of aromatic nitrogens is 1. The van der Waals surface area contributed by atoms with Crippen LogP contribution in [0, 0.1) is 6.92 Å². The van der Waals surface area contributed by atoms with Crippen molar-refractivity contribution in [1.29, 1.82) is 0 Å². The molecule has 3 aromatic rings. The second kappa shape index (κ2) is 5.92. The van der Waals surface area contributed by atoms with Crippen molar-refractivity contribution < 1.29 is 0 Å². The van der Waals surface area contributed by atoms with Crippen LogP contribution in [0.2, 0.25) is 0 Å². The Bertz CT molecular complexity index is 728. The molecule has 104 valence electrons. The zero-order valence-corrected chi connectivity index (χ0v) is 12.5. The summed E-state index contributed by atoms with van der Waals surface area (Å²) in [6.45, 7) is 4.26. The van der Waals surface area contributed by atoms with Crippen LogP contribution in [0.5, 0.6) is 0 Å². The highest BCUT2D eigenvalue weighted by atomic mass is 14.7. The van der Waals surface area contributed by atoms with Crippen LogP contribution >= 0.6 is 0 Å². The minimum atomic E-state index is 1.01. The van der Waals surface area contributed by atoms with Gasteiger partial charge >= 0.3 is 0 Å². The molecule has 0 spiro atoms. The summed E-state index contributed by atoms with van der Waals surface area (Å²) >= 11 is 0. The molecule has 1 nitrogen and oxygen atoms in total. The molecule has 0 bridgehead atoms. The lowest BCUT2D eigenvalue weighted by Gasteiger charge is -2.11. The van der Waals surface area contributed by atoms with E-state index in [0.717, 1.165) is 12.1 Å². The molecule has 0 amide bonds. The van der Waals surface area contributed by atoms with Crippen molar-refractivity contribution in [2.45, 2.75) is 20.3 Å².